The Labute approximate surface area is 164 Å². The lowest BCUT2D eigenvalue weighted by Crippen LogP contribution is -2.41. The molecule has 2 aromatic rings. The number of rotatable bonds is 7. The van der Waals surface area contributed by atoms with Gasteiger partial charge in [-0.05, 0) is 25.0 Å². The van der Waals surface area contributed by atoms with Crippen molar-refractivity contribution in [1.29, 1.82) is 0 Å². The number of ether oxygens (including phenoxy) is 3. The first kappa shape index (κ1) is 19.5. The van der Waals surface area contributed by atoms with E-state index in [0.29, 0.717) is 35.8 Å². The van der Waals surface area contributed by atoms with E-state index in [4.69, 9.17) is 14.2 Å². The maximum atomic E-state index is 13.0. The van der Waals surface area contributed by atoms with Crippen molar-refractivity contribution in [2.24, 2.45) is 5.41 Å². The molecule has 0 heterocycles. The van der Waals surface area contributed by atoms with Gasteiger partial charge in [-0.25, -0.2) is 0 Å². The van der Waals surface area contributed by atoms with E-state index >= 15 is 0 Å². The highest BCUT2D eigenvalue weighted by molar-refractivity contribution is 6.17. The number of nitrogens with one attached hydrogen (secondary N) is 1. The van der Waals surface area contributed by atoms with Crippen LogP contribution in [0.25, 0.3) is 0 Å². The highest BCUT2D eigenvalue weighted by Gasteiger charge is 2.57. The second-order valence-electron chi connectivity index (χ2n) is 6.65. The Bertz CT molecular complexity index is 853. The average molecular weight is 384 g/mol. The second kappa shape index (κ2) is 7.80. The van der Waals surface area contributed by atoms with Crippen molar-refractivity contribution in [3.63, 3.8) is 0 Å². The van der Waals surface area contributed by atoms with Crippen LogP contribution < -0.4 is 24.4 Å². The van der Waals surface area contributed by atoms with Crippen molar-refractivity contribution >= 4 is 23.2 Å². The van der Waals surface area contributed by atoms with Crippen LogP contribution >= 0.6 is 0 Å². The molecule has 0 bridgehead atoms. The van der Waals surface area contributed by atoms with Crippen LogP contribution in [0.15, 0.2) is 42.5 Å². The predicted molar refractivity (Wildman–Crippen MR) is 106 cm³/mol. The van der Waals surface area contributed by atoms with Gasteiger partial charge < -0.3 is 24.4 Å². The summed E-state index contributed by atoms with van der Waals surface area (Å²) in [6.07, 6.45) is 1.03. The van der Waals surface area contributed by atoms with E-state index in [9.17, 15) is 9.59 Å². The zero-order chi connectivity index (χ0) is 20.3. The van der Waals surface area contributed by atoms with Crippen molar-refractivity contribution in [3.05, 3.63) is 42.5 Å². The summed E-state index contributed by atoms with van der Waals surface area (Å²) in [5.74, 6) is 0.728. The molecule has 1 saturated carbocycles. The molecule has 148 valence electrons. The summed E-state index contributed by atoms with van der Waals surface area (Å²) in [6.45, 7) is 0. The summed E-state index contributed by atoms with van der Waals surface area (Å²) in [4.78, 5) is 27.5. The van der Waals surface area contributed by atoms with E-state index < -0.39 is 5.41 Å². The fourth-order valence-electron chi connectivity index (χ4n) is 3.16. The van der Waals surface area contributed by atoms with Crippen LogP contribution in [0.4, 0.5) is 11.4 Å². The molecular formula is C21H24N2O5. The molecule has 7 nitrogen and oxygen atoms in total. The summed E-state index contributed by atoms with van der Waals surface area (Å²) in [6, 6.07) is 12.5. The summed E-state index contributed by atoms with van der Waals surface area (Å²) in [5.41, 5.74) is 0.172. The summed E-state index contributed by atoms with van der Waals surface area (Å²) >= 11 is 0. The van der Waals surface area contributed by atoms with Gasteiger partial charge >= 0.3 is 0 Å². The monoisotopic (exact) mass is 384 g/mol. The summed E-state index contributed by atoms with van der Waals surface area (Å²) < 4.78 is 15.9. The van der Waals surface area contributed by atoms with E-state index in [1.807, 2.05) is 30.3 Å². The van der Waals surface area contributed by atoms with Crippen LogP contribution in [0.2, 0.25) is 0 Å². The van der Waals surface area contributed by atoms with Crippen molar-refractivity contribution in [3.8, 4) is 17.2 Å². The summed E-state index contributed by atoms with van der Waals surface area (Å²) in [5, 5.41) is 2.83. The van der Waals surface area contributed by atoms with Crippen molar-refractivity contribution in [2.45, 2.75) is 12.8 Å². The SMILES string of the molecule is COc1cc(NC(=O)C2(C(=O)N(C)c3ccccc3)CC2)cc(OC)c1OC. The second-order valence-corrected chi connectivity index (χ2v) is 6.65. The van der Waals surface area contributed by atoms with Gasteiger partial charge in [-0.3, -0.25) is 9.59 Å². The first-order valence-corrected chi connectivity index (χ1v) is 8.91. The molecule has 28 heavy (non-hydrogen) atoms. The number of anilines is 2. The molecule has 2 aromatic carbocycles. The van der Waals surface area contributed by atoms with Crippen molar-refractivity contribution in [1.82, 2.24) is 0 Å². The minimum absolute atomic E-state index is 0.219. The largest absolute Gasteiger partial charge is 0.493 e. The van der Waals surface area contributed by atoms with Crippen LogP contribution in [0.5, 0.6) is 17.2 Å². The molecule has 1 aliphatic rings. The fraction of sp³-hybridized carbons (Fsp3) is 0.333. The molecule has 7 heteroatoms. The molecule has 3 rings (SSSR count). The highest BCUT2D eigenvalue weighted by Crippen LogP contribution is 2.49. The summed E-state index contributed by atoms with van der Waals surface area (Å²) in [7, 11) is 6.20. The number of methoxy groups -OCH3 is 3. The minimum Gasteiger partial charge on any atom is -0.493 e. The van der Waals surface area contributed by atoms with Crippen LogP contribution in [-0.2, 0) is 9.59 Å². The zero-order valence-corrected chi connectivity index (χ0v) is 16.4. The third kappa shape index (κ3) is 3.47. The molecule has 0 saturated heterocycles. The molecule has 2 amide bonds. The lowest BCUT2D eigenvalue weighted by Gasteiger charge is -2.23. The number of para-hydroxylation sites is 1. The van der Waals surface area contributed by atoms with Gasteiger partial charge in [0.2, 0.25) is 17.6 Å². The lowest BCUT2D eigenvalue weighted by molar-refractivity contribution is -0.132. The highest BCUT2D eigenvalue weighted by atomic mass is 16.5. The van der Waals surface area contributed by atoms with Gasteiger partial charge in [0.1, 0.15) is 5.41 Å². The third-order valence-electron chi connectivity index (χ3n) is 4.96. The van der Waals surface area contributed by atoms with Gasteiger partial charge in [-0.1, -0.05) is 18.2 Å². The van der Waals surface area contributed by atoms with Crippen LogP contribution in [0.1, 0.15) is 12.8 Å². The number of carbonyl (C=O) groups is 2. The molecule has 0 aromatic heterocycles. The number of carbonyl (C=O) groups excluding carboxylic acids is 2. The average Bonchev–Trinajstić information content (AvgIpc) is 3.54. The van der Waals surface area contributed by atoms with E-state index in [2.05, 4.69) is 5.32 Å². The fourth-order valence-corrected chi connectivity index (χ4v) is 3.16. The van der Waals surface area contributed by atoms with Crippen LogP contribution in [0.3, 0.4) is 0 Å². The van der Waals surface area contributed by atoms with Gasteiger partial charge in [0, 0.05) is 30.6 Å². The van der Waals surface area contributed by atoms with E-state index in [-0.39, 0.29) is 11.8 Å². The number of hydrogen-bond acceptors (Lipinski definition) is 5. The van der Waals surface area contributed by atoms with Gasteiger partial charge in [0.25, 0.3) is 0 Å². The Hall–Kier alpha value is -3.22. The van der Waals surface area contributed by atoms with Crippen molar-refractivity contribution < 1.29 is 23.8 Å². The van der Waals surface area contributed by atoms with Crippen molar-refractivity contribution in [2.75, 3.05) is 38.6 Å². The number of amides is 2. The Morgan fingerprint density at radius 1 is 0.964 bits per heavy atom. The maximum Gasteiger partial charge on any atom is 0.242 e. The van der Waals surface area contributed by atoms with E-state index in [0.717, 1.165) is 5.69 Å². The third-order valence-corrected chi connectivity index (χ3v) is 4.96. The molecule has 1 fully saturated rings. The predicted octanol–water partition coefficient (Wildman–Crippen LogP) is 3.09. The first-order chi connectivity index (χ1) is 13.5. The molecule has 1 N–H and O–H groups in total. The van der Waals surface area contributed by atoms with E-state index in [1.54, 1.807) is 19.2 Å². The number of benzene rings is 2. The normalized spacial score (nSPS) is 14.0. The Morgan fingerprint density at radius 3 is 2.00 bits per heavy atom. The number of hydrogen-bond donors (Lipinski definition) is 1. The Balaban J connectivity index is 1.82. The molecule has 0 radical (unpaired) electrons. The van der Waals surface area contributed by atoms with Gasteiger partial charge in [-0.2, -0.15) is 0 Å². The van der Waals surface area contributed by atoms with Gasteiger partial charge in [0.15, 0.2) is 11.5 Å². The zero-order valence-electron chi connectivity index (χ0n) is 16.4. The Morgan fingerprint density at radius 2 is 1.54 bits per heavy atom. The van der Waals surface area contributed by atoms with Gasteiger partial charge in [0.05, 0.1) is 21.3 Å². The molecular weight excluding hydrogens is 360 g/mol. The smallest absolute Gasteiger partial charge is 0.242 e. The standard InChI is InChI=1S/C21H24N2O5/c1-23(15-8-6-5-7-9-15)20(25)21(10-11-21)19(24)22-14-12-16(26-2)18(28-4)17(13-14)27-3/h5-9,12-13H,10-11H2,1-4H3,(H,22,24). The van der Waals surface area contributed by atoms with Crippen LogP contribution in [0, 0.1) is 5.41 Å². The lowest BCUT2D eigenvalue weighted by atomic mass is 10.0. The molecule has 0 unspecified atom stereocenters. The van der Waals surface area contributed by atoms with Gasteiger partial charge in [-0.15, -0.1) is 0 Å². The molecule has 0 atom stereocenters. The number of nitrogens with zero attached hydrogens (tertiary/aromatic N) is 1. The Kier molecular flexibility index (Phi) is 5.44. The van der Waals surface area contributed by atoms with Crippen LogP contribution in [-0.4, -0.2) is 40.2 Å². The quantitative estimate of drug-likeness (QED) is 0.743. The molecule has 1 aliphatic carbocycles. The molecule has 0 aliphatic heterocycles. The molecule has 0 spiro atoms. The topological polar surface area (TPSA) is 77.1 Å². The minimum atomic E-state index is -1.05. The van der Waals surface area contributed by atoms with E-state index in [1.165, 1.54) is 26.2 Å². The first-order valence-electron chi connectivity index (χ1n) is 8.91. The maximum absolute atomic E-state index is 13.0.